The number of unbranched alkanes of at least 4 members (excludes halogenated alkanes) is 5. The molecule has 94 valence electrons. The van der Waals surface area contributed by atoms with Gasteiger partial charge in [-0.1, -0.05) is 39.5 Å². The zero-order chi connectivity index (χ0) is 11.9. The van der Waals surface area contributed by atoms with E-state index < -0.39 is 0 Å². The fourth-order valence-electron chi connectivity index (χ4n) is 1.38. The van der Waals surface area contributed by atoms with Gasteiger partial charge in [0.05, 0.1) is 0 Å². The Hall–Kier alpha value is -0.370. The third kappa shape index (κ3) is 19.9. The molecule has 0 unspecified atom stereocenters. The van der Waals surface area contributed by atoms with Crippen molar-refractivity contribution in [3.05, 3.63) is 0 Å². The van der Waals surface area contributed by atoms with Crippen LogP contribution in [0.4, 0.5) is 0 Å². The Bertz CT molecular complexity index is 129. The van der Waals surface area contributed by atoms with Crippen molar-refractivity contribution in [3.8, 4) is 0 Å². The van der Waals surface area contributed by atoms with Crippen molar-refractivity contribution in [3.63, 3.8) is 0 Å². The van der Waals surface area contributed by atoms with Crippen LogP contribution in [0.25, 0.3) is 0 Å². The van der Waals surface area contributed by atoms with Gasteiger partial charge in [0.15, 0.2) is 0 Å². The minimum atomic E-state index is 0. The number of Topliss-reactive ketones (excluding diaryl/α,β-unsaturated/α-hetero) is 1. The molecule has 0 aromatic heterocycles. The topological polar surface area (TPSA) is 29.1 Å². The van der Waals surface area contributed by atoms with E-state index in [0.29, 0.717) is 5.78 Å². The summed E-state index contributed by atoms with van der Waals surface area (Å²) in [6.07, 6.45) is 8.29. The third-order valence-corrected chi connectivity index (χ3v) is 2.21. The predicted molar refractivity (Wildman–Crippen MR) is 70.4 cm³/mol. The number of nitrogens with one attached hydrogen (secondary N) is 1. The fraction of sp³-hybridized carbons (Fsp3) is 0.923. The molecule has 1 N–H and O–H groups in total. The summed E-state index contributed by atoms with van der Waals surface area (Å²) >= 11 is 0. The Morgan fingerprint density at radius 1 is 1.00 bits per heavy atom. The maximum absolute atomic E-state index is 10.6. The number of hydrogen-bond acceptors (Lipinski definition) is 2. The summed E-state index contributed by atoms with van der Waals surface area (Å²) in [5, 5.41) is 3.14. The smallest absolute Gasteiger partial charge is 0.129 e. The van der Waals surface area contributed by atoms with E-state index in [1.807, 2.05) is 20.9 Å². The van der Waals surface area contributed by atoms with Crippen LogP contribution in [0.3, 0.4) is 0 Å². The van der Waals surface area contributed by atoms with Gasteiger partial charge in [-0.05, 0) is 33.4 Å². The Morgan fingerprint density at radius 3 is 1.93 bits per heavy atom. The zero-order valence-corrected chi connectivity index (χ0v) is 11.1. The molecule has 0 aliphatic rings. The highest BCUT2D eigenvalue weighted by Gasteiger charge is 1.93. The molecule has 0 amide bonds. The van der Waals surface area contributed by atoms with Crippen molar-refractivity contribution in [1.29, 1.82) is 0 Å². The van der Waals surface area contributed by atoms with E-state index in [1.165, 1.54) is 32.1 Å². The number of rotatable bonds is 9. The van der Waals surface area contributed by atoms with Gasteiger partial charge in [-0.15, -0.1) is 0 Å². The van der Waals surface area contributed by atoms with Crippen LogP contribution in [0.5, 0.6) is 0 Å². The van der Waals surface area contributed by atoms with Crippen LogP contribution in [0.15, 0.2) is 0 Å². The summed E-state index contributed by atoms with van der Waals surface area (Å²) in [5.41, 5.74) is 0. The molecule has 0 fully saturated rings. The molecule has 0 aliphatic carbocycles. The van der Waals surface area contributed by atoms with Crippen molar-refractivity contribution in [2.75, 3.05) is 13.6 Å². The number of hydrogen-bond donors (Lipinski definition) is 1. The van der Waals surface area contributed by atoms with Crippen molar-refractivity contribution >= 4 is 5.78 Å². The molecule has 2 nitrogen and oxygen atoms in total. The lowest BCUT2D eigenvalue weighted by Gasteiger charge is -2.00. The van der Waals surface area contributed by atoms with Crippen molar-refractivity contribution in [2.24, 2.45) is 0 Å². The van der Waals surface area contributed by atoms with Gasteiger partial charge in [0.1, 0.15) is 5.78 Å². The van der Waals surface area contributed by atoms with E-state index in [2.05, 4.69) is 5.32 Å². The van der Waals surface area contributed by atoms with E-state index in [-0.39, 0.29) is 1.43 Å². The minimum absolute atomic E-state index is 0. The average Bonchev–Trinajstić information content (AvgIpc) is 2.24. The Morgan fingerprint density at radius 2 is 1.47 bits per heavy atom. The summed E-state index contributed by atoms with van der Waals surface area (Å²) in [4.78, 5) is 10.6. The van der Waals surface area contributed by atoms with Crippen LogP contribution < -0.4 is 5.32 Å². The summed E-state index contributed by atoms with van der Waals surface area (Å²) in [7, 11) is 1.99. The Labute approximate surface area is 97.3 Å². The molecule has 0 saturated carbocycles. The number of ketones is 1. The molecule has 0 heterocycles. The molecule has 0 saturated heterocycles. The lowest BCUT2D eigenvalue weighted by Crippen LogP contribution is -2.06. The van der Waals surface area contributed by atoms with Crippen LogP contribution in [-0.2, 0) is 4.79 Å². The van der Waals surface area contributed by atoms with Gasteiger partial charge in [-0.25, -0.2) is 0 Å². The van der Waals surface area contributed by atoms with Gasteiger partial charge in [0, 0.05) is 7.85 Å². The molecule has 2 heteroatoms. The van der Waals surface area contributed by atoms with E-state index in [9.17, 15) is 4.79 Å². The molecule has 0 spiro atoms. The van der Waals surface area contributed by atoms with Gasteiger partial charge < -0.3 is 10.1 Å². The summed E-state index contributed by atoms with van der Waals surface area (Å²) in [5.74, 6) is 0.329. The lowest BCUT2D eigenvalue weighted by molar-refractivity contribution is -0.117. The van der Waals surface area contributed by atoms with Crippen LogP contribution >= 0.6 is 0 Å². The van der Waals surface area contributed by atoms with Gasteiger partial charge >= 0.3 is 0 Å². The Kier molecular flexibility index (Phi) is 18.3. The van der Waals surface area contributed by atoms with Crippen molar-refractivity contribution in [2.45, 2.75) is 65.7 Å². The molecule has 0 rings (SSSR count). The maximum Gasteiger partial charge on any atom is 0.129 e. The van der Waals surface area contributed by atoms with E-state index >= 15 is 0 Å². The second-order valence-electron chi connectivity index (χ2n) is 3.68. The highest BCUT2D eigenvalue weighted by molar-refractivity contribution is 5.75. The molecular weight excluding hydrogens is 186 g/mol. The van der Waals surface area contributed by atoms with Crippen LogP contribution in [0.2, 0.25) is 0 Å². The van der Waals surface area contributed by atoms with Gasteiger partial charge in [-0.3, -0.25) is 0 Å². The molecular formula is C13H31NO. The standard InChI is InChI=1S/C11H23NO.C2H6.H2/c1-11(13)9-7-5-3-4-6-8-10-12-2;1-2;/h12H,3-10H2,1-2H3;1-2H3;1H. The average molecular weight is 217 g/mol. The van der Waals surface area contributed by atoms with E-state index in [0.717, 1.165) is 19.4 Å². The van der Waals surface area contributed by atoms with Crippen molar-refractivity contribution < 1.29 is 6.22 Å². The summed E-state index contributed by atoms with van der Waals surface area (Å²) in [6, 6.07) is 0. The van der Waals surface area contributed by atoms with Crippen molar-refractivity contribution in [1.82, 2.24) is 5.32 Å². The highest BCUT2D eigenvalue weighted by atomic mass is 16.1. The van der Waals surface area contributed by atoms with E-state index in [1.54, 1.807) is 6.92 Å². The quantitative estimate of drug-likeness (QED) is 0.595. The van der Waals surface area contributed by atoms with Gasteiger partial charge in [0.25, 0.3) is 0 Å². The largest absolute Gasteiger partial charge is 0.320 e. The molecule has 0 atom stereocenters. The van der Waals surface area contributed by atoms with Crippen LogP contribution in [-0.4, -0.2) is 19.4 Å². The zero-order valence-electron chi connectivity index (χ0n) is 11.1. The first kappa shape index (κ1) is 17.0. The lowest BCUT2D eigenvalue weighted by atomic mass is 10.1. The molecule has 0 aliphatic heterocycles. The van der Waals surface area contributed by atoms with Gasteiger partial charge in [-0.2, -0.15) is 0 Å². The molecule has 0 radical (unpaired) electrons. The van der Waals surface area contributed by atoms with Crippen LogP contribution in [0.1, 0.15) is 67.1 Å². The second-order valence-corrected chi connectivity index (χ2v) is 3.68. The Balaban J connectivity index is -0.000000529. The molecule has 0 bridgehead atoms. The predicted octanol–water partition coefficient (Wildman–Crippen LogP) is 3.80. The summed E-state index contributed by atoms with van der Waals surface area (Å²) < 4.78 is 0. The van der Waals surface area contributed by atoms with Crippen LogP contribution in [0, 0.1) is 0 Å². The minimum Gasteiger partial charge on any atom is -0.320 e. The van der Waals surface area contributed by atoms with Gasteiger partial charge in [0.2, 0.25) is 0 Å². The number of carbonyl (C=O) groups is 1. The SMILES string of the molecule is CC.CNCCCCCCCCC(C)=O.[HH]. The maximum atomic E-state index is 10.6. The number of carbonyl (C=O) groups excluding carboxylic acids is 1. The first-order valence-corrected chi connectivity index (χ1v) is 6.41. The first-order valence-electron chi connectivity index (χ1n) is 6.41. The second kappa shape index (κ2) is 16.1. The monoisotopic (exact) mass is 217 g/mol. The molecule has 0 aromatic rings. The molecule has 15 heavy (non-hydrogen) atoms. The fourth-order valence-corrected chi connectivity index (χ4v) is 1.38. The highest BCUT2D eigenvalue weighted by Crippen LogP contribution is 2.06. The molecule has 0 aromatic carbocycles. The third-order valence-electron chi connectivity index (χ3n) is 2.21. The first-order chi connectivity index (χ1) is 7.27. The normalized spacial score (nSPS) is 9.33. The summed E-state index contributed by atoms with van der Waals surface area (Å²) in [6.45, 7) is 6.81. The van der Waals surface area contributed by atoms with E-state index in [4.69, 9.17) is 0 Å².